The zero-order valence-electron chi connectivity index (χ0n) is 34.1. The van der Waals surface area contributed by atoms with Gasteiger partial charge >= 0.3 is 0 Å². The molecule has 0 spiro atoms. The van der Waals surface area contributed by atoms with Gasteiger partial charge in [0.15, 0.2) is 0 Å². The third-order valence-corrected chi connectivity index (χ3v) is 13.6. The van der Waals surface area contributed by atoms with E-state index in [0.29, 0.717) is 16.9 Å². The molecule has 5 aromatic carbocycles. The minimum atomic E-state index is -0.406. The third kappa shape index (κ3) is 11.5. The molecule has 0 bridgehead atoms. The number of benzene rings is 5. The zero-order valence-corrected chi connectivity index (χ0v) is 36.7. The predicted octanol–water partition coefficient (Wildman–Crippen LogP) is 12.9. The molecule has 0 aliphatic rings. The molecule has 0 aliphatic heterocycles. The second-order valence-corrected chi connectivity index (χ2v) is 17.5. The summed E-state index contributed by atoms with van der Waals surface area (Å²) < 4.78 is 6.24. The van der Waals surface area contributed by atoms with Crippen LogP contribution in [0.2, 0.25) is 0 Å². The van der Waals surface area contributed by atoms with Crippen molar-refractivity contribution >= 4 is 77.4 Å². The molecule has 1 N–H and O–H groups in total. The number of phenols is 1. The average Bonchev–Trinajstić information content (AvgIpc) is 3.26. The van der Waals surface area contributed by atoms with Crippen LogP contribution in [-0.2, 0) is 0 Å². The number of hydrogen-bond acceptors (Lipinski definition) is 6. The fourth-order valence-corrected chi connectivity index (χ4v) is 10.4. The standard InChI is InChI=1S/C51H53N2O2PS2/c1-7-21-46-38(8-2)34-41(37-53-43(10-4)24-20-32-58-33-30-56(44-25-13-11-14-26-44)45-27-15-12-16-28-45)51(55-5)49(46)48-47-29-18-17-22-39(47)35-40(50(48)54)36-52-42(9-3)23-19-31-57-6/h7-29,34-37,54H,2,30-33H2,1,3-6H3/b21-7-,23-19-,24-20-,42-9+,43-10+,52-36?,53-37?. The summed E-state index contributed by atoms with van der Waals surface area (Å²) >= 11 is 3.69. The van der Waals surface area contributed by atoms with Gasteiger partial charge in [-0.2, -0.15) is 23.5 Å². The summed E-state index contributed by atoms with van der Waals surface area (Å²) in [5.41, 5.74) is 6.25. The summed E-state index contributed by atoms with van der Waals surface area (Å²) in [4.78, 5) is 9.69. The van der Waals surface area contributed by atoms with E-state index < -0.39 is 7.92 Å². The molecule has 0 atom stereocenters. The molecule has 0 saturated carbocycles. The maximum absolute atomic E-state index is 12.2. The first kappa shape index (κ1) is 44.0. The Bertz CT molecular complexity index is 2320. The van der Waals surface area contributed by atoms with E-state index in [1.165, 1.54) is 10.6 Å². The fourth-order valence-electron chi connectivity index (χ4n) is 6.59. The van der Waals surface area contributed by atoms with Gasteiger partial charge in [-0.1, -0.05) is 134 Å². The fraction of sp³-hybridized carbons (Fsp3) is 0.176. The Hall–Kier alpha value is -5.13. The molecule has 0 saturated heterocycles. The van der Waals surface area contributed by atoms with E-state index in [1.54, 1.807) is 25.1 Å². The van der Waals surface area contributed by atoms with Crippen LogP contribution < -0.4 is 15.3 Å². The Morgan fingerprint density at radius 2 is 1.36 bits per heavy atom. The average molecular weight is 821 g/mol. The summed E-state index contributed by atoms with van der Waals surface area (Å²) in [7, 11) is 1.26. The van der Waals surface area contributed by atoms with E-state index in [4.69, 9.17) is 14.7 Å². The topological polar surface area (TPSA) is 54.2 Å². The van der Waals surface area contributed by atoms with Gasteiger partial charge in [0.2, 0.25) is 0 Å². The summed E-state index contributed by atoms with van der Waals surface area (Å²) in [6.45, 7) is 10.1. The van der Waals surface area contributed by atoms with Crippen molar-refractivity contribution in [1.82, 2.24) is 0 Å². The normalized spacial score (nSPS) is 12.8. The van der Waals surface area contributed by atoms with Crippen LogP contribution in [0.4, 0.5) is 0 Å². The van der Waals surface area contributed by atoms with Gasteiger partial charge in [-0.15, -0.1) is 0 Å². The summed E-state index contributed by atoms with van der Waals surface area (Å²) in [6.07, 6.45) is 25.0. The molecule has 5 aromatic rings. The molecule has 0 fully saturated rings. The van der Waals surface area contributed by atoms with Crippen LogP contribution in [0.1, 0.15) is 43.0 Å². The lowest BCUT2D eigenvalue weighted by Gasteiger charge is -2.21. The van der Waals surface area contributed by atoms with E-state index in [0.717, 1.165) is 67.8 Å². The molecule has 0 radical (unpaired) electrons. The van der Waals surface area contributed by atoms with Crippen LogP contribution in [0.3, 0.4) is 0 Å². The second kappa shape index (κ2) is 23.3. The van der Waals surface area contributed by atoms with Gasteiger partial charge in [-0.25, -0.2) is 0 Å². The minimum absolute atomic E-state index is 0.119. The quantitative estimate of drug-likeness (QED) is 0.0390. The highest BCUT2D eigenvalue weighted by Crippen LogP contribution is 2.47. The van der Waals surface area contributed by atoms with Gasteiger partial charge in [0.25, 0.3) is 0 Å². The van der Waals surface area contributed by atoms with Crippen molar-refractivity contribution in [3.63, 3.8) is 0 Å². The van der Waals surface area contributed by atoms with Crippen molar-refractivity contribution in [1.29, 1.82) is 0 Å². The SMILES string of the molecule is C=Cc1cc(C=NC(/C=C\CSCCP(c2ccccc2)c2ccccc2)=C/C)c(OC)c(-c2c(O)c(C=NC(/C=C\CSC)=C/C)cc3ccccc23)c1/C=C\C. The molecule has 7 heteroatoms. The van der Waals surface area contributed by atoms with Gasteiger partial charge in [0.1, 0.15) is 11.5 Å². The lowest BCUT2D eigenvalue weighted by atomic mass is 9.87. The predicted molar refractivity (Wildman–Crippen MR) is 263 cm³/mol. The number of ether oxygens (including phenoxy) is 1. The molecule has 0 aliphatic carbocycles. The summed E-state index contributed by atoms with van der Waals surface area (Å²) in [5.74, 6) is 3.58. The smallest absolute Gasteiger partial charge is 0.136 e. The van der Waals surface area contributed by atoms with Crippen molar-refractivity contribution in [2.24, 2.45) is 9.98 Å². The highest BCUT2D eigenvalue weighted by atomic mass is 32.2. The van der Waals surface area contributed by atoms with Crippen LogP contribution in [0.25, 0.3) is 34.1 Å². The number of thioether (sulfide) groups is 2. The largest absolute Gasteiger partial charge is 0.507 e. The van der Waals surface area contributed by atoms with Crippen molar-refractivity contribution in [2.75, 3.05) is 36.8 Å². The number of rotatable bonds is 19. The lowest BCUT2D eigenvalue weighted by molar-refractivity contribution is 0.415. The molecule has 296 valence electrons. The highest BCUT2D eigenvalue weighted by molar-refractivity contribution is 7.99. The van der Waals surface area contributed by atoms with Crippen LogP contribution in [-0.4, -0.2) is 54.3 Å². The van der Waals surface area contributed by atoms with Gasteiger partial charge in [-0.3, -0.25) is 9.98 Å². The molecule has 0 amide bonds. The monoisotopic (exact) mass is 820 g/mol. The Morgan fingerprint density at radius 1 is 0.759 bits per heavy atom. The number of methoxy groups -OCH3 is 1. The van der Waals surface area contributed by atoms with Crippen molar-refractivity contribution in [3.8, 4) is 22.6 Å². The molecule has 0 unspecified atom stereocenters. The third-order valence-electron chi connectivity index (χ3n) is 9.39. The van der Waals surface area contributed by atoms with Crippen molar-refractivity contribution in [3.05, 3.63) is 180 Å². The summed E-state index contributed by atoms with van der Waals surface area (Å²) in [5, 5.41) is 16.9. The van der Waals surface area contributed by atoms with E-state index in [1.807, 2.05) is 106 Å². The van der Waals surface area contributed by atoms with Gasteiger partial charge in [0.05, 0.1) is 18.5 Å². The maximum Gasteiger partial charge on any atom is 0.136 e. The molecular formula is C51H53N2O2PS2. The molecular weight excluding hydrogens is 768 g/mol. The lowest BCUT2D eigenvalue weighted by Crippen LogP contribution is -2.14. The first-order chi connectivity index (χ1) is 28.5. The minimum Gasteiger partial charge on any atom is -0.507 e. The van der Waals surface area contributed by atoms with Gasteiger partial charge in [0, 0.05) is 46.2 Å². The van der Waals surface area contributed by atoms with Crippen LogP contribution >= 0.6 is 31.4 Å². The van der Waals surface area contributed by atoms with Gasteiger partial charge < -0.3 is 9.84 Å². The van der Waals surface area contributed by atoms with Crippen LogP contribution in [0.15, 0.2) is 168 Å². The van der Waals surface area contributed by atoms with Gasteiger partial charge in [-0.05, 0) is 104 Å². The molecule has 58 heavy (non-hydrogen) atoms. The Labute approximate surface area is 355 Å². The van der Waals surface area contributed by atoms with Crippen LogP contribution in [0, 0.1) is 0 Å². The highest BCUT2D eigenvalue weighted by Gasteiger charge is 2.24. The second-order valence-electron chi connectivity index (χ2n) is 13.1. The number of fused-ring (bicyclic) bond motifs is 1. The first-order valence-electron chi connectivity index (χ1n) is 19.4. The number of aliphatic imine (C=N–C) groups is 2. The van der Waals surface area contributed by atoms with Crippen LogP contribution in [0.5, 0.6) is 11.5 Å². The van der Waals surface area contributed by atoms with E-state index in [-0.39, 0.29) is 5.75 Å². The number of phenolic OH excluding ortho intramolecular Hbond substituents is 1. The zero-order chi connectivity index (χ0) is 41.1. The van der Waals surface area contributed by atoms with E-state index in [2.05, 4.69) is 97.8 Å². The first-order valence-corrected chi connectivity index (χ1v) is 23.5. The summed E-state index contributed by atoms with van der Waals surface area (Å²) in [6, 6.07) is 33.9. The van der Waals surface area contributed by atoms with E-state index >= 15 is 0 Å². The Kier molecular flexibility index (Phi) is 17.7. The Balaban J connectivity index is 1.45. The number of allylic oxidation sites excluding steroid dienone is 5. The molecule has 5 rings (SSSR count). The maximum atomic E-state index is 12.2. The van der Waals surface area contributed by atoms with Crippen molar-refractivity contribution < 1.29 is 9.84 Å². The molecule has 0 heterocycles. The molecule has 0 aromatic heterocycles. The number of hydrogen-bond donors (Lipinski definition) is 1. The number of aromatic hydroxyl groups is 1. The van der Waals surface area contributed by atoms with Crippen molar-refractivity contribution in [2.45, 2.75) is 20.8 Å². The van der Waals surface area contributed by atoms with E-state index in [9.17, 15) is 5.11 Å². The Morgan fingerprint density at radius 3 is 1.95 bits per heavy atom. The molecule has 4 nitrogen and oxygen atoms in total. The number of nitrogens with zero attached hydrogens (tertiary/aromatic N) is 2.